The number of halogens is 2. The molecule has 1 saturated heterocycles. The van der Waals surface area contributed by atoms with E-state index in [1.807, 2.05) is 0 Å². The molecule has 1 aromatic rings. The Bertz CT molecular complexity index is 302. The molecule has 2 heterocycles. The maximum absolute atomic E-state index is 11.6. The van der Waals surface area contributed by atoms with Gasteiger partial charge in [0.2, 0.25) is 0 Å². The minimum Gasteiger partial charge on any atom is -0.348 e. The summed E-state index contributed by atoms with van der Waals surface area (Å²) in [5.74, 6) is -0.0434. The Labute approximate surface area is 111 Å². The number of hydrogen-bond acceptors (Lipinski definition) is 4. The largest absolute Gasteiger partial charge is 0.348 e. The first-order valence-electron chi connectivity index (χ1n) is 4.76. The molecule has 16 heavy (non-hydrogen) atoms. The first-order valence-corrected chi connectivity index (χ1v) is 5.70. The second kappa shape index (κ2) is 7.84. The van der Waals surface area contributed by atoms with Crippen LogP contribution in [-0.4, -0.2) is 30.0 Å². The van der Waals surface area contributed by atoms with Gasteiger partial charge >= 0.3 is 0 Å². The molecule has 4 nitrogen and oxygen atoms in total. The molecule has 92 valence electrons. The lowest BCUT2D eigenvalue weighted by atomic mass is 10.1. The first kappa shape index (κ1) is 15.6. The van der Waals surface area contributed by atoms with E-state index in [1.165, 1.54) is 11.3 Å². The molecule has 0 saturated carbocycles. The highest BCUT2D eigenvalue weighted by molar-refractivity contribution is 7.07. The predicted molar refractivity (Wildman–Crippen MR) is 70.0 cm³/mol. The summed E-state index contributed by atoms with van der Waals surface area (Å²) in [4.78, 5) is 15.6. The van der Waals surface area contributed by atoms with Crippen LogP contribution in [0.15, 0.2) is 10.9 Å². The fraction of sp³-hybridized carbons (Fsp3) is 0.556. The zero-order chi connectivity index (χ0) is 9.80. The molecule has 2 rings (SSSR count). The van der Waals surface area contributed by atoms with E-state index in [1.54, 1.807) is 10.9 Å². The highest BCUT2D eigenvalue weighted by Gasteiger charge is 2.16. The average molecular weight is 284 g/mol. The Kier molecular flexibility index (Phi) is 7.66. The van der Waals surface area contributed by atoms with Gasteiger partial charge < -0.3 is 10.6 Å². The van der Waals surface area contributed by atoms with Crippen molar-refractivity contribution in [3.63, 3.8) is 0 Å². The van der Waals surface area contributed by atoms with E-state index in [4.69, 9.17) is 0 Å². The fourth-order valence-electron chi connectivity index (χ4n) is 1.55. The molecule has 1 aliphatic rings. The van der Waals surface area contributed by atoms with Crippen LogP contribution in [0.3, 0.4) is 0 Å². The Morgan fingerprint density at radius 3 is 2.69 bits per heavy atom. The summed E-state index contributed by atoms with van der Waals surface area (Å²) in [6, 6.07) is 0.311. The van der Waals surface area contributed by atoms with E-state index >= 15 is 0 Å². The van der Waals surface area contributed by atoms with Crippen molar-refractivity contribution in [3.05, 3.63) is 16.6 Å². The summed E-state index contributed by atoms with van der Waals surface area (Å²) < 4.78 is 0. The van der Waals surface area contributed by atoms with Gasteiger partial charge in [0.1, 0.15) is 5.69 Å². The van der Waals surface area contributed by atoms with Crippen LogP contribution in [0.5, 0.6) is 0 Å². The fourth-order valence-corrected chi connectivity index (χ4v) is 2.08. The van der Waals surface area contributed by atoms with E-state index in [9.17, 15) is 4.79 Å². The van der Waals surface area contributed by atoms with Crippen LogP contribution >= 0.6 is 36.2 Å². The van der Waals surface area contributed by atoms with Gasteiger partial charge in [0.15, 0.2) is 0 Å². The number of nitrogens with zero attached hydrogens (tertiary/aromatic N) is 1. The summed E-state index contributed by atoms with van der Waals surface area (Å²) in [6.45, 7) is 1.98. The van der Waals surface area contributed by atoms with Crippen molar-refractivity contribution in [2.45, 2.75) is 18.9 Å². The van der Waals surface area contributed by atoms with E-state index in [-0.39, 0.29) is 30.7 Å². The third kappa shape index (κ3) is 4.25. The quantitative estimate of drug-likeness (QED) is 0.864. The van der Waals surface area contributed by atoms with Crippen molar-refractivity contribution in [1.29, 1.82) is 0 Å². The van der Waals surface area contributed by atoms with Crippen LogP contribution in [0.2, 0.25) is 0 Å². The van der Waals surface area contributed by atoms with Gasteiger partial charge in [0.25, 0.3) is 5.91 Å². The number of rotatable bonds is 2. The van der Waals surface area contributed by atoms with Gasteiger partial charge in [-0.15, -0.1) is 36.2 Å². The van der Waals surface area contributed by atoms with Crippen molar-refractivity contribution < 1.29 is 4.79 Å². The monoisotopic (exact) mass is 283 g/mol. The number of nitrogens with one attached hydrogen (secondary N) is 2. The van der Waals surface area contributed by atoms with Crippen molar-refractivity contribution in [3.8, 4) is 0 Å². The maximum atomic E-state index is 11.6. The number of aromatic nitrogens is 1. The smallest absolute Gasteiger partial charge is 0.270 e. The van der Waals surface area contributed by atoms with Crippen molar-refractivity contribution >= 4 is 42.1 Å². The van der Waals surface area contributed by atoms with Gasteiger partial charge in [-0.05, 0) is 25.9 Å². The van der Waals surface area contributed by atoms with Crippen LogP contribution < -0.4 is 10.6 Å². The molecular weight excluding hydrogens is 269 g/mol. The molecule has 0 radical (unpaired) electrons. The Balaban J connectivity index is 0.00000112. The molecular formula is C9H15Cl2N3OS. The summed E-state index contributed by atoms with van der Waals surface area (Å²) >= 11 is 1.45. The van der Waals surface area contributed by atoms with Gasteiger partial charge in [0.05, 0.1) is 5.51 Å². The second-order valence-electron chi connectivity index (χ2n) is 3.37. The van der Waals surface area contributed by atoms with Crippen LogP contribution in [-0.2, 0) is 0 Å². The SMILES string of the molecule is Cl.Cl.O=C(NC1CCNCC1)c1cscn1. The second-order valence-corrected chi connectivity index (χ2v) is 4.09. The first-order chi connectivity index (χ1) is 6.86. The summed E-state index contributed by atoms with van der Waals surface area (Å²) in [5, 5.41) is 8.02. The highest BCUT2D eigenvalue weighted by Crippen LogP contribution is 2.05. The lowest BCUT2D eigenvalue weighted by molar-refractivity contribution is 0.0925. The molecule has 1 aromatic heterocycles. The van der Waals surface area contributed by atoms with Gasteiger partial charge in [-0.2, -0.15) is 0 Å². The highest BCUT2D eigenvalue weighted by atomic mass is 35.5. The van der Waals surface area contributed by atoms with E-state index < -0.39 is 0 Å². The molecule has 0 spiro atoms. The Morgan fingerprint density at radius 1 is 1.44 bits per heavy atom. The predicted octanol–water partition coefficient (Wildman–Crippen LogP) is 1.47. The topological polar surface area (TPSA) is 54.0 Å². The number of carbonyl (C=O) groups excluding carboxylic acids is 1. The van der Waals surface area contributed by atoms with E-state index in [0.29, 0.717) is 11.7 Å². The van der Waals surface area contributed by atoms with Crippen LogP contribution in [0.25, 0.3) is 0 Å². The molecule has 0 aliphatic carbocycles. The summed E-state index contributed by atoms with van der Waals surface area (Å²) in [6.07, 6.45) is 2.02. The van der Waals surface area contributed by atoms with Gasteiger partial charge in [0, 0.05) is 11.4 Å². The van der Waals surface area contributed by atoms with Crippen molar-refractivity contribution in [2.75, 3.05) is 13.1 Å². The molecule has 0 aromatic carbocycles. The molecule has 1 amide bonds. The number of hydrogen-bond donors (Lipinski definition) is 2. The summed E-state index contributed by atoms with van der Waals surface area (Å²) in [7, 11) is 0. The lowest BCUT2D eigenvalue weighted by Crippen LogP contribution is -2.42. The van der Waals surface area contributed by atoms with Crippen LogP contribution in [0.1, 0.15) is 23.3 Å². The Hall–Kier alpha value is -0.360. The number of thiazole rings is 1. The zero-order valence-corrected chi connectivity index (χ0v) is 11.1. The minimum atomic E-state index is -0.0434. The normalized spacial score (nSPS) is 15.8. The maximum Gasteiger partial charge on any atom is 0.270 e. The standard InChI is InChI=1S/C9H13N3OS.2ClH/c13-9(8-5-14-6-11-8)12-7-1-3-10-4-2-7;;/h5-7,10H,1-4H2,(H,12,13);2*1H. The molecule has 1 aliphatic heterocycles. The molecule has 0 unspecified atom stereocenters. The van der Waals surface area contributed by atoms with E-state index in [2.05, 4.69) is 15.6 Å². The zero-order valence-electron chi connectivity index (χ0n) is 8.64. The molecule has 0 atom stereocenters. The molecule has 7 heteroatoms. The van der Waals surface area contributed by atoms with Gasteiger partial charge in [-0.1, -0.05) is 0 Å². The van der Waals surface area contributed by atoms with Crippen molar-refractivity contribution in [2.24, 2.45) is 0 Å². The number of amides is 1. The van der Waals surface area contributed by atoms with Crippen LogP contribution in [0, 0.1) is 0 Å². The summed E-state index contributed by atoms with van der Waals surface area (Å²) in [5.41, 5.74) is 2.21. The van der Waals surface area contributed by atoms with E-state index in [0.717, 1.165) is 25.9 Å². The number of carbonyl (C=O) groups is 1. The third-order valence-electron chi connectivity index (χ3n) is 2.34. The van der Waals surface area contributed by atoms with Crippen LogP contribution in [0.4, 0.5) is 0 Å². The van der Waals surface area contributed by atoms with Gasteiger partial charge in [-0.3, -0.25) is 4.79 Å². The number of piperidine rings is 1. The van der Waals surface area contributed by atoms with Crippen molar-refractivity contribution in [1.82, 2.24) is 15.6 Å². The van der Waals surface area contributed by atoms with Gasteiger partial charge in [-0.25, -0.2) is 4.98 Å². The molecule has 1 fully saturated rings. The molecule has 2 N–H and O–H groups in total. The Morgan fingerprint density at radius 2 is 2.12 bits per heavy atom. The lowest BCUT2D eigenvalue weighted by Gasteiger charge is -2.23. The average Bonchev–Trinajstić information content (AvgIpc) is 2.72. The third-order valence-corrected chi connectivity index (χ3v) is 2.93. The minimum absolute atomic E-state index is 0. The molecule has 0 bridgehead atoms.